The van der Waals surface area contributed by atoms with Crippen molar-refractivity contribution in [3.05, 3.63) is 102 Å². The molecule has 0 aromatic heterocycles. The Morgan fingerprint density at radius 1 is 1.16 bits per heavy atom. The summed E-state index contributed by atoms with van der Waals surface area (Å²) in [5, 5.41) is 11.2. The second kappa shape index (κ2) is 15.5. The fourth-order valence-corrected chi connectivity index (χ4v) is 6.31. The van der Waals surface area contributed by atoms with Crippen LogP contribution in [0.5, 0.6) is 11.5 Å². The lowest BCUT2D eigenvalue weighted by Crippen LogP contribution is -2.45. The molecule has 0 saturated heterocycles. The number of hydrogen-bond donors (Lipinski definition) is 3. The summed E-state index contributed by atoms with van der Waals surface area (Å²) in [7, 11) is 0. The van der Waals surface area contributed by atoms with Crippen LogP contribution in [0.3, 0.4) is 0 Å². The molecule has 0 unspecified atom stereocenters. The van der Waals surface area contributed by atoms with E-state index in [9.17, 15) is 9.59 Å². The molecule has 0 aliphatic carbocycles. The van der Waals surface area contributed by atoms with Gasteiger partial charge in [0, 0.05) is 16.3 Å². The van der Waals surface area contributed by atoms with Crippen LogP contribution in [-0.4, -0.2) is 36.4 Å². The Balaban J connectivity index is 1.37. The quantitative estimate of drug-likeness (QED) is 0.0696. The van der Waals surface area contributed by atoms with Crippen LogP contribution < -0.4 is 25.5 Å². The number of para-hydroxylation sites is 1. The number of benzene rings is 3. The zero-order chi connectivity index (χ0) is 30.9. The minimum Gasteiger partial charge on any atom is -0.487 e. The standard InChI is InChI=1S/C30H27BrClIN4O5S/c1-3-40-29(39)26-17(2)35-30(43)36-27(26)21-6-4-5-7-24(21)41-16-25(38)37-34-14-19-12-22(31)28(23(33)13-19)42-15-18-8-10-20(32)11-9-18/h4-14,27H,3,15-16H2,1-2H3,(H,37,38)(H2,35,36,43)/t27-/m1/s1. The largest absolute Gasteiger partial charge is 0.487 e. The van der Waals surface area contributed by atoms with Gasteiger partial charge in [0.1, 0.15) is 18.1 Å². The van der Waals surface area contributed by atoms with Gasteiger partial charge in [0.15, 0.2) is 11.7 Å². The molecule has 224 valence electrons. The monoisotopic (exact) mass is 796 g/mol. The van der Waals surface area contributed by atoms with E-state index in [2.05, 4.69) is 59.7 Å². The highest BCUT2D eigenvalue weighted by Crippen LogP contribution is 2.34. The third-order valence-corrected chi connectivity index (χ3v) is 7.94. The first kappa shape index (κ1) is 32.7. The average Bonchev–Trinajstić information content (AvgIpc) is 2.96. The number of esters is 1. The molecular weight excluding hydrogens is 771 g/mol. The number of thiocarbonyl (C=S) groups is 1. The maximum absolute atomic E-state index is 12.7. The topological polar surface area (TPSA) is 110 Å². The molecule has 1 aliphatic heterocycles. The van der Waals surface area contributed by atoms with Gasteiger partial charge in [-0.25, -0.2) is 10.2 Å². The van der Waals surface area contributed by atoms with Crippen molar-refractivity contribution >= 4 is 85.5 Å². The van der Waals surface area contributed by atoms with Gasteiger partial charge < -0.3 is 24.8 Å². The Morgan fingerprint density at radius 2 is 1.91 bits per heavy atom. The van der Waals surface area contributed by atoms with E-state index in [4.69, 9.17) is 38.0 Å². The van der Waals surface area contributed by atoms with Crippen LogP contribution in [0.1, 0.15) is 36.6 Å². The lowest BCUT2D eigenvalue weighted by molar-refractivity contribution is -0.139. The second-order valence-corrected chi connectivity index (χ2v) is 12.0. The smallest absolute Gasteiger partial charge is 0.338 e. The number of halogens is 3. The average molecular weight is 798 g/mol. The van der Waals surface area contributed by atoms with Gasteiger partial charge in [-0.1, -0.05) is 41.9 Å². The van der Waals surface area contributed by atoms with Crippen molar-refractivity contribution in [1.29, 1.82) is 0 Å². The Labute approximate surface area is 281 Å². The van der Waals surface area contributed by atoms with Crippen molar-refractivity contribution in [3.8, 4) is 11.5 Å². The molecule has 3 aromatic carbocycles. The van der Waals surface area contributed by atoms with Crippen LogP contribution in [0.4, 0.5) is 0 Å². The van der Waals surface area contributed by atoms with E-state index in [1.54, 1.807) is 32.0 Å². The van der Waals surface area contributed by atoms with Crippen LogP contribution in [0.2, 0.25) is 5.02 Å². The van der Waals surface area contributed by atoms with Crippen LogP contribution in [0.25, 0.3) is 0 Å². The lowest BCUT2D eigenvalue weighted by Gasteiger charge is -2.30. The van der Waals surface area contributed by atoms with Gasteiger partial charge in [0.25, 0.3) is 5.91 Å². The summed E-state index contributed by atoms with van der Waals surface area (Å²) in [6.07, 6.45) is 1.53. The Bertz CT molecular complexity index is 1560. The zero-order valence-electron chi connectivity index (χ0n) is 23.1. The Hall–Kier alpha value is -3.20. The van der Waals surface area contributed by atoms with E-state index in [1.165, 1.54) is 6.21 Å². The highest BCUT2D eigenvalue weighted by molar-refractivity contribution is 14.1. The molecule has 9 nitrogen and oxygen atoms in total. The fraction of sp³-hybridized carbons (Fsp3) is 0.200. The number of amides is 1. The molecule has 0 radical (unpaired) electrons. The van der Waals surface area contributed by atoms with Crippen molar-refractivity contribution in [2.24, 2.45) is 5.10 Å². The second-order valence-electron chi connectivity index (χ2n) is 9.14. The molecule has 1 atom stereocenters. The van der Waals surface area contributed by atoms with Crippen LogP contribution in [0.15, 0.2) is 81.5 Å². The van der Waals surface area contributed by atoms with Gasteiger partial charge in [-0.2, -0.15) is 5.10 Å². The first-order chi connectivity index (χ1) is 20.7. The fourth-order valence-electron chi connectivity index (χ4n) is 4.14. The van der Waals surface area contributed by atoms with E-state index in [1.807, 2.05) is 42.5 Å². The summed E-state index contributed by atoms with van der Waals surface area (Å²) >= 11 is 17.0. The number of allylic oxidation sites excluding steroid dienone is 1. The van der Waals surface area contributed by atoms with Crippen molar-refractivity contribution < 1.29 is 23.8 Å². The normalized spacial score (nSPS) is 14.6. The minimum atomic E-state index is -0.621. The van der Waals surface area contributed by atoms with E-state index in [0.717, 1.165) is 19.2 Å². The molecule has 0 saturated carbocycles. The van der Waals surface area contributed by atoms with Crippen molar-refractivity contribution in [1.82, 2.24) is 16.1 Å². The summed E-state index contributed by atoms with van der Waals surface area (Å²) in [6.45, 7) is 3.80. The van der Waals surface area contributed by atoms with E-state index in [-0.39, 0.29) is 13.2 Å². The lowest BCUT2D eigenvalue weighted by atomic mass is 9.95. The number of ether oxygens (including phenoxy) is 3. The van der Waals surface area contributed by atoms with Crippen molar-refractivity contribution in [3.63, 3.8) is 0 Å². The zero-order valence-corrected chi connectivity index (χ0v) is 28.4. The van der Waals surface area contributed by atoms with Gasteiger partial charge in [0.2, 0.25) is 0 Å². The number of nitrogens with one attached hydrogen (secondary N) is 3. The highest BCUT2D eigenvalue weighted by Gasteiger charge is 2.32. The van der Waals surface area contributed by atoms with E-state index in [0.29, 0.717) is 45.1 Å². The predicted octanol–water partition coefficient (Wildman–Crippen LogP) is 6.17. The molecule has 13 heteroatoms. The molecule has 0 fully saturated rings. The van der Waals surface area contributed by atoms with E-state index < -0.39 is 17.9 Å². The van der Waals surface area contributed by atoms with E-state index >= 15 is 0 Å². The molecule has 0 spiro atoms. The van der Waals surface area contributed by atoms with Gasteiger partial charge in [-0.3, -0.25) is 4.79 Å². The highest BCUT2D eigenvalue weighted by atomic mass is 127. The molecular formula is C30H27BrClIN4O5S. The summed E-state index contributed by atoms with van der Waals surface area (Å²) in [6, 6.07) is 17.7. The maximum Gasteiger partial charge on any atom is 0.338 e. The number of carbonyl (C=O) groups excluding carboxylic acids is 2. The van der Waals surface area contributed by atoms with Gasteiger partial charge >= 0.3 is 5.97 Å². The number of rotatable bonds is 11. The first-order valence-corrected chi connectivity index (χ1v) is 15.7. The Morgan fingerprint density at radius 3 is 2.63 bits per heavy atom. The maximum atomic E-state index is 12.7. The first-order valence-electron chi connectivity index (χ1n) is 13.0. The molecule has 3 N–H and O–H groups in total. The Kier molecular flexibility index (Phi) is 11.8. The summed E-state index contributed by atoms with van der Waals surface area (Å²) in [5.41, 5.74) is 5.81. The van der Waals surface area contributed by atoms with Gasteiger partial charge in [-0.05, 0) is 106 Å². The molecule has 4 rings (SSSR count). The molecule has 3 aromatic rings. The summed E-state index contributed by atoms with van der Waals surface area (Å²) in [4.78, 5) is 25.3. The number of hydrazone groups is 1. The number of nitrogens with zero attached hydrogens (tertiary/aromatic N) is 1. The number of carbonyl (C=O) groups is 2. The van der Waals surface area contributed by atoms with Crippen LogP contribution in [0, 0.1) is 3.57 Å². The number of hydrogen-bond acceptors (Lipinski definition) is 7. The van der Waals surface area contributed by atoms with Gasteiger partial charge in [0.05, 0.1) is 32.5 Å². The third-order valence-electron chi connectivity index (χ3n) is 6.07. The SMILES string of the molecule is CCOC(=O)C1=C(C)NC(=S)N[C@@H]1c1ccccc1OCC(=O)NN=Cc1cc(Br)c(OCc2ccc(Cl)cc2)c(I)c1. The molecule has 0 bridgehead atoms. The predicted molar refractivity (Wildman–Crippen MR) is 181 cm³/mol. The molecule has 1 amide bonds. The summed E-state index contributed by atoms with van der Waals surface area (Å²) < 4.78 is 18.7. The molecule has 1 aliphatic rings. The van der Waals surface area contributed by atoms with Crippen LogP contribution >= 0.6 is 62.3 Å². The summed E-state index contributed by atoms with van der Waals surface area (Å²) in [5.74, 6) is 0.167. The van der Waals surface area contributed by atoms with Gasteiger partial charge in [-0.15, -0.1) is 0 Å². The van der Waals surface area contributed by atoms with Crippen molar-refractivity contribution in [2.45, 2.75) is 26.5 Å². The third kappa shape index (κ3) is 8.91. The molecule has 1 heterocycles. The minimum absolute atomic E-state index is 0.226. The van der Waals surface area contributed by atoms with Crippen LogP contribution in [-0.2, 0) is 20.9 Å². The van der Waals surface area contributed by atoms with Crippen molar-refractivity contribution in [2.75, 3.05) is 13.2 Å². The molecule has 43 heavy (non-hydrogen) atoms.